The highest BCUT2D eigenvalue weighted by Crippen LogP contribution is 2.42. The largest absolute Gasteiger partial charge is 0.354 e. The first-order valence-corrected chi connectivity index (χ1v) is 16.6. The van der Waals surface area contributed by atoms with E-state index < -0.39 is 0 Å². The van der Waals surface area contributed by atoms with Crippen LogP contribution in [0.5, 0.6) is 0 Å². The molecule has 250 valence electrons. The molecule has 12 nitrogen and oxygen atoms in total. The number of H-pyrrole nitrogens is 2. The van der Waals surface area contributed by atoms with E-state index in [0.717, 1.165) is 0 Å². The smallest absolute Gasteiger partial charge is 0.101 e. The predicted octanol–water partition coefficient (Wildman–Crippen LogP) is 8.26. The van der Waals surface area contributed by atoms with Crippen molar-refractivity contribution in [3.63, 3.8) is 0 Å². The molecule has 56 heavy (non-hydrogen) atoms. The maximum Gasteiger partial charge on any atom is 0.101 e. The van der Waals surface area contributed by atoms with Crippen molar-refractivity contribution >= 4 is 43.6 Å². The van der Waals surface area contributed by atoms with E-state index in [1.54, 1.807) is 72.8 Å². The molecule has 0 aliphatic carbocycles. The van der Waals surface area contributed by atoms with Crippen molar-refractivity contribution in [2.45, 2.75) is 0 Å². The molecule has 8 bridgehead atoms. The van der Waals surface area contributed by atoms with Crippen LogP contribution < -0.4 is 0 Å². The van der Waals surface area contributed by atoms with Crippen molar-refractivity contribution in [3.8, 4) is 93.6 Å². The third-order valence-electron chi connectivity index (χ3n) is 10.0. The minimum atomic E-state index is 0.154. The van der Waals surface area contributed by atoms with Gasteiger partial charge in [0.1, 0.15) is 48.6 Å². The van der Waals surface area contributed by atoms with Crippen molar-refractivity contribution in [1.82, 2.24) is 19.9 Å². The second kappa shape index (κ2) is 12.0. The number of aromatic amines is 2. The minimum Gasteiger partial charge on any atom is -0.354 e. The van der Waals surface area contributed by atoms with Gasteiger partial charge in [-0.15, -0.1) is 0 Å². The van der Waals surface area contributed by atoms with E-state index in [9.17, 15) is 42.1 Å². The second-order valence-corrected chi connectivity index (χ2v) is 12.9. The number of rotatable bonds is 0. The number of nitrogens with one attached hydrogen (secondary N) is 2. The summed E-state index contributed by atoms with van der Waals surface area (Å²) in [7, 11) is 0. The molecular weight excluding hydrogens is 697 g/mol. The van der Waals surface area contributed by atoms with Gasteiger partial charge in [0.05, 0.1) is 67.3 Å². The number of aromatic nitrogens is 4. The molecule has 0 atom stereocenters. The van der Waals surface area contributed by atoms with E-state index in [1.807, 2.05) is 0 Å². The molecule has 2 N–H and O–H groups in total. The zero-order valence-corrected chi connectivity index (χ0v) is 28.4. The fourth-order valence-corrected chi connectivity index (χ4v) is 7.38. The van der Waals surface area contributed by atoms with E-state index in [2.05, 4.69) is 58.5 Å². The van der Waals surface area contributed by atoms with E-state index in [1.165, 1.54) is 0 Å². The van der Waals surface area contributed by atoms with Gasteiger partial charge in [0.2, 0.25) is 0 Å². The number of nitriles is 8. The summed E-state index contributed by atoms with van der Waals surface area (Å²) in [5.41, 5.74) is 7.36. The Hall–Kier alpha value is -9.56. The molecule has 9 rings (SSSR count). The van der Waals surface area contributed by atoms with Crippen LogP contribution in [-0.4, -0.2) is 19.9 Å². The lowest BCUT2D eigenvalue weighted by molar-refractivity contribution is 1.40. The highest BCUT2D eigenvalue weighted by atomic mass is 14.8. The molecule has 5 heterocycles. The van der Waals surface area contributed by atoms with E-state index >= 15 is 0 Å². The Kier molecular flexibility index (Phi) is 6.94. The molecule has 2 aliphatic rings. The van der Waals surface area contributed by atoms with Crippen molar-refractivity contribution in [2.24, 2.45) is 0 Å². The van der Waals surface area contributed by atoms with Gasteiger partial charge in [0, 0.05) is 65.9 Å². The molecule has 0 amide bonds. The summed E-state index contributed by atoms with van der Waals surface area (Å²) in [6.45, 7) is 0. The Balaban J connectivity index is 1.54. The Morgan fingerprint density at radius 3 is 0.679 bits per heavy atom. The van der Waals surface area contributed by atoms with Crippen LogP contribution in [0.25, 0.3) is 88.6 Å². The number of hydrogen-bond acceptors (Lipinski definition) is 10. The van der Waals surface area contributed by atoms with Gasteiger partial charge in [-0.25, -0.2) is 9.97 Å². The summed E-state index contributed by atoms with van der Waals surface area (Å²) in [5.74, 6) is 0. The predicted molar refractivity (Wildman–Crippen MR) is 203 cm³/mol. The summed E-state index contributed by atoms with van der Waals surface area (Å²) in [6.07, 6.45) is 0. The minimum absolute atomic E-state index is 0.154. The van der Waals surface area contributed by atoms with Crippen LogP contribution in [0.1, 0.15) is 44.5 Å². The van der Waals surface area contributed by atoms with Gasteiger partial charge < -0.3 is 9.97 Å². The van der Waals surface area contributed by atoms with E-state index in [0.29, 0.717) is 88.6 Å². The van der Waals surface area contributed by atoms with Crippen LogP contribution in [0.3, 0.4) is 0 Å². The molecule has 3 aromatic heterocycles. The van der Waals surface area contributed by atoms with E-state index in [-0.39, 0.29) is 44.5 Å². The Morgan fingerprint density at radius 1 is 0.286 bits per heavy atom. The molecule has 12 heteroatoms. The third-order valence-corrected chi connectivity index (χ3v) is 10.0. The first kappa shape index (κ1) is 32.4. The monoisotopic (exact) mass is 710 g/mol. The van der Waals surface area contributed by atoms with Gasteiger partial charge in [-0.05, 0) is 72.8 Å². The second-order valence-electron chi connectivity index (χ2n) is 12.9. The topological polar surface area (TPSA) is 248 Å². The number of benzene rings is 4. The lowest BCUT2D eigenvalue weighted by Gasteiger charge is -2.02. The maximum atomic E-state index is 9.96. The zero-order chi connectivity index (χ0) is 38.8. The van der Waals surface area contributed by atoms with Crippen LogP contribution in [0.15, 0.2) is 72.8 Å². The summed E-state index contributed by atoms with van der Waals surface area (Å²) < 4.78 is 0. The number of nitrogens with zero attached hydrogens (tertiary/aromatic N) is 10. The van der Waals surface area contributed by atoms with Gasteiger partial charge in [0.25, 0.3) is 0 Å². The number of fused-ring (bicyclic) bond motifs is 20. The average Bonchev–Trinajstić information content (AvgIpc) is 3.95. The SMILES string of the molecule is N#Cc1cc2c(cc1C#N)-c1cc3[nH]c(cc4nc(cc5[nH]c(cc-2n1)c1cc(C#N)c(C#N)cc51)-c1cc(C#N)c(C#N)cc1-4)c1cc(C#N)c(C#N)cc31. The number of hydrogen-bond donors (Lipinski definition) is 2. The van der Waals surface area contributed by atoms with Crippen LogP contribution >= 0.6 is 0 Å². The van der Waals surface area contributed by atoms with E-state index in [4.69, 9.17) is 9.97 Å². The fraction of sp³-hybridized carbons (Fsp3) is 0. The molecule has 4 aromatic carbocycles. The highest BCUT2D eigenvalue weighted by Gasteiger charge is 2.24. The van der Waals surface area contributed by atoms with Crippen molar-refractivity contribution < 1.29 is 0 Å². The van der Waals surface area contributed by atoms with Crippen molar-refractivity contribution in [2.75, 3.05) is 0 Å². The molecule has 7 aromatic rings. The van der Waals surface area contributed by atoms with Gasteiger partial charge in [-0.3, -0.25) is 0 Å². The quantitative estimate of drug-likeness (QED) is 0.152. The highest BCUT2D eigenvalue weighted by molar-refractivity contribution is 6.11. The standard InChI is InChI=1S/C44H14N12/c45-13-21-1-29-30(2-22(21)14-46)38-10-40-33-5-25(17-49)26(18-50)6-34(33)42(55-40)12-44-36-8-28(20-52)27(19-51)7-35(36)43(56-44)11-41-32-4-24(16-48)23(15-47)3-31(32)39(54-41)9-37(29)53-38/h1-12,53,56H. The molecule has 2 aliphatic heterocycles. The van der Waals surface area contributed by atoms with Crippen molar-refractivity contribution in [3.05, 3.63) is 117 Å². The first-order valence-electron chi connectivity index (χ1n) is 16.6. The molecule has 0 spiro atoms. The fourth-order valence-electron chi connectivity index (χ4n) is 7.38. The van der Waals surface area contributed by atoms with Crippen LogP contribution in [0.2, 0.25) is 0 Å². The molecule has 0 saturated carbocycles. The van der Waals surface area contributed by atoms with Crippen LogP contribution in [0.4, 0.5) is 0 Å². The normalized spacial score (nSPS) is 10.7. The average molecular weight is 711 g/mol. The van der Waals surface area contributed by atoms with Gasteiger partial charge in [-0.1, -0.05) is 0 Å². The van der Waals surface area contributed by atoms with Crippen LogP contribution in [-0.2, 0) is 0 Å². The molecule has 0 saturated heterocycles. The third kappa shape index (κ3) is 4.64. The molecule has 0 unspecified atom stereocenters. The molecule has 0 fully saturated rings. The summed E-state index contributed by atoms with van der Waals surface area (Å²) in [5, 5.41) is 82.1. The first-order chi connectivity index (χ1) is 27.3. The molecular formula is C44H14N12. The lowest BCUT2D eigenvalue weighted by Crippen LogP contribution is -1.87. The summed E-state index contributed by atoms with van der Waals surface area (Å²) in [6, 6.07) is 36.7. The Bertz CT molecular complexity index is 3120. The van der Waals surface area contributed by atoms with Crippen molar-refractivity contribution in [1.29, 1.82) is 42.1 Å². The van der Waals surface area contributed by atoms with Crippen LogP contribution in [0, 0.1) is 90.6 Å². The van der Waals surface area contributed by atoms with Gasteiger partial charge >= 0.3 is 0 Å². The van der Waals surface area contributed by atoms with Gasteiger partial charge in [-0.2, -0.15) is 42.1 Å². The Labute approximate surface area is 315 Å². The maximum absolute atomic E-state index is 9.96. The summed E-state index contributed by atoms with van der Waals surface area (Å²) in [4.78, 5) is 16.8. The van der Waals surface area contributed by atoms with Gasteiger partial charge in [0.15, 0.2) is 0 Å². The Morgan fingerprint density at radius 2 is 0.482 bits per heavy atom. The summed E-state index contributed by atoms with van der Waals surface area (Å²) >= 11 is 0. The zero-order valence-electron chi connectivity index (χ0n) is 28.4. The molecule has 0 radical (unpaired) electrons. The lowest BCUT2D eigenvalue weighted by atomic mass is 9.96.